The summed E-state index contributed by atoms with van der Waals surface area (Å²) >= 11 is 0. The van der Waals surface area contributed by atoms with Crippen molar-refractivity contribution in [1.82, 2.24) is 5.32 Å². The van der Waals surface area contributed by atoms with Crippen LogP contribution in [0.3, 0.4) is 0 Å². The summed E-state index contributed by atoms with van der Waals surface area (Å²) in [4.78, 5) is 25.1. The van der Waals surface area contributed by atoms with Crippen molar-refractivity contribution >= 4 is 11.9 Å². The van der Waals surface area contributed by atoms with E-state index in [2.05, 4.69) is 92.1 Å². The molecule has 1 saturated heterocycles. The molecule has 7 atom stereocenters. The third-order valence-corrected chi connectivity index (χ3v) is 14.2. The van der Waals surface area contributed by atoms with E-state index >= 15 is 0 Å². The van der Waals surface area contributed by atoms with Crippen LogP contribution in [0, 0.1) is 0 Å². The Bertz CT molecular complexity index is 1550. The van der Waals surface area contributed by atoms with Gasteiger partial charge in [0, 0.05) is 12.8 Å². The van der Waals surface area contributed by atoms with Gasteiger partial charge in [-0.2, -0.15) is 0 Å². The average molecular weight is 1080 g/mol. The Morgan fingerprint density at radius 3 is 1.42 bits per heavy atom. The zero-order chi connectivity index (χ0) is 55.9. The third-order valence-electron chi connectivity index (χ3n) is 14.2. The molecule has 6 N–H and O–H groups in total. The molecule has 11 nitrogen and oxygen atoms in total. The predicted octanol–water partition coefficient (Wildman–Crippen LogP) is 14.9. The van der Waals surface area contributed by atoms with Crippen molar-refractivity contribution in [3.63, 3.8) is 0 Å². The first-order valence-corrected chi connectivity index (χ1v) is 31.4. The number of esters is 1. The monoisotopic (exact) mass is 1080 g/mol. The molecule has 1 fully saturated rings. The van der Waals surface area contributed by atoms with Crippen molar-refractivity contribution in [2.45, 2.75) is 301 Å². The van der Waals surface area contributed by atoms with E-state index in [0.29, 0.717) is 25.9 Å². The Balaban J connectivity index is 2.03. The van der Waals surface area contributed by atoms with Gasteiger partial charge < -0.3 is 45.1 Å². The molecule has 1 aliphatic rings. The molecule has 0 aliphatic carbocycles. The molecule has 7 unspecified atom stereocenters. The molecular weight excluding hydrogens is 967 g/mol. The van der Waals surface area contributed by atoms with Crippen molar-refractivity contribution in [3.05, 3.63) is 85.1 Å². The molecular formula is C66H115NO10. The number of amides is 1. The highest BCUT2D eigenvalue weighted by molar-refractivity contribution is 5.76. The first kappa shape index (κ1) is 71.9. The second-order valence-electron chi connectivity index (χ2n) is 21.3. The van der Waals surface area contributed by atoms with Crippen LogP contribution in [0.4, 0.5) is 0 Å². The van der Waals surface area contributed by atoms with Gasteiger partial charge in [0.2, 0.25) is 5.91 Å². The van der Waals surface area contributed by atoms with E-state index in [0.717, 1.165) is 109 Å². The summed E-state index contributed by atoms with van der Waals surface area (Å²) < 4.78 is 16.7. The topological polar surface area (TPSA) is 175 Å². The summed E-state index contributed by atoms with van der Waals surface area (Å²) in [5.74, 6) is -0.231. The van der Waals surface area contributed by atoms with Crippen LogP contribution >= 0.6 is 0 Å². The van der Waals surface area contributed by atoms with Crippen molar-refractivity contribution < 1.29 is 49.3 Å². The molecule has 0 radical (unpaired) electrons. The van der Waals surface area contributed by atoms with Gasteiger partial charge >= 0.3 is 5.97 Å². The number of carbonyl (C=O) groups excluding carboxylic acids is 2. The molecule has 11 heteroatoms. The van der Waals surface area contributed by atoms with Crippen LogP contribution in [0.2, 0.25) is 0 Å². The second kappa shape index (κ2) is 54.8. The van der Waals surface area contributed by atoms with E-state index in [4.69, 9.17) is 14.2 Å². The fraction of sp³-hybridized carbons (Fsp3) is 0.758. The minimum atomic E-state index is -1.58. The molecule has 0 aromatic carbocycles. The largest absolute Gasteiger partial charge is 0.466 e. The lowest BCUT2D eigenvalue weighted by Gasteiger charge is -2.40. The number of hydrogen-bond donors (Lipinski definition) is 6. The summed E-state index contributed by atoms with van der Waals surface area (Å²) in [7, 11) is 0. The van der Waals surface area contributed by atoms with E-state index in [1.165, 1.54) is 116 Å². The number of allylic oxidation sites excluding steroid dienone is 13. The molecule has 1 heterocycles. The van der Waals surface area contributed by atoms with Gasteiger partial charge in [0.05, 0.1) is 32.0 Å². The molecule has 0 spiro atoms. The summed E-state index contributed by atoms with van der Waals surface area (Å²) in [6, 6.07) is -0.844. The summed E-state index contributed by atoms with van der Waals surface area (Å²) in [6.45, 7) is 4.15. The SMILES string of the molecule is CC/C=C/CC/C=C/CC/C=C/C(O)C(COC1OC(CO)C(O)C(O)C1O)NC(=O)CCCCCCCCC/C=C\C/C=C\CCCCCCCCCCCOC(=O)CCCCCCC/C=C\C/C=C\CCCCCC. The zero-order valence-electron chi connectivity index (χ0n) is 48.9. The van der Waals surface area contributed by atoms with Crippen LogP contribution in [-0.4, -0.2) is 100 Å². The Labute approximate surface area is 470 Å². The average Bonchev–Trinajstić information content (AvgIpc) is 3.43. The van der Waals surface area contributed by atoms with E-state index in [1.807, 2.05) is 6.08 Å². The Morgan fingerprint density at radius 2 is 0.922 bits per heavy atom. The standard InChI is InChI=1S/C66H115NO10/c1-3-5-7-9-11-13-15-16-17-28-31-34-38-42-46-50-54-62(71)75-55-51-47-43-39-35-32-29-26-24-22-20-18-19-21-23-25-27-30-33-37-41-45-49-53-61(70)67-58(57-76-66-65(74)64(73)63(72)60(56-68)77-66)59(69)52-48-44-40-36-14-12-10-8-6-4-2/h6,8,13-15,17-18,20-21,23,28,36,48,52,58-60,63-66,68-69,72-74H,3-5,7,9-12,16,19,22,24-27,29-35,37-47,49-51,53-57H2,1-2H3,(H,67,70)/b8-6+,15-13-,20-18-,23-21-,28-17-,36-14+,52-48+. The maximum atomic E-state index is 13.0. The van der Waals surface area contributed by atoms with Gasteiger partial charge in [0.15, 0.2) is 6.29 Å². The molecule has 1 rings (SSSR count). The van der Waals surface area contributed by atoms with Crippen LogP contribution < -0.4 is 5.32 Å². The van der Waals surface area contributed by atoms with Gasteiger partial charge in [0.25, 0.3) is 0 Å². The van der Waals surface area contributed by atoms with Crippen LogP contribution in [0.5, 0.6) is 0 Å². The summed E-state index contributed by atoms with van der Waals surface area (Å²) in [6.07, 6.45) is 64.2. The number of hydrogen-bond acceptors (Lipinski definition) is 10. The van der Waals surface area contributed by atoms with Crippen molar-refractivity contribution in [1.29, 1.82) is 0 Å². The van der Waals surface area contributed by atoms with Gasteiger partial charge in [0.1, 0.15) is 24.4 Å². The highest BCUT2D eigenvalue weighted by Crippen LogP contribution is 2.23. The zero-order valence-corrected chi connectivity index (χ0v) is 48.9. The number of nitrogens with one attached hydrogen (secondary N) is 1. The molecule has 0 bridgehead atoms. The smallest absolute Gasteiger partial charge is 0.305 e. The van der Waals surface area contributed by atoms with Crippen LogP contribution in [-0.2, 0) is 23.8 Å². The van der Waals surface area contributed by atoms with Gasteiger partial charge in [-0.05, 0) is 116 Å². The molecule has 0 aromatic heterocycles. The molecule has 0 saturated carbocycles. The lowest BCUT2D eigenvalue weighted by Crippen LogP contribution is -2.60. The van der Waals surface area contributed by atoms with Gasteiger partial charge in [-0.25, -0.2) is 0 Å². The maximum absolute atomic E-state index is 13.0. The normalized spacial score (nSPS) is 19.2. The highest BCUT2D eigenvalue weighted by atomic mass is 16.7. The van der Waals surface area contributed by atoms with E-state index in [-0.39, 0.29) is 18.5 Å². The molecule has 444 valence electrons. The maximum Gasteiger partial charge on any atom is 0.305 e. The first-order chi connectivity index (χ1) is 37.7. The number of unbranched alkanes of at least 4 members (excludes halogenated alkanes) is 27. The molecule has 1 aliphatic heterocycles. The fourth-order valence-corrected chi connectivity index (χ4v) is 9.24. The summed E-state index contributed by atoms with van der Waals surface area (Å²) in [5.41, 5.74) is 0. The minimum Gasteiger partial charge on any atom is -0.466 e. The number of aliphatic hydroxyl groups excluding tert-OH is 5. The van der Waals surface area contributed by atoms with Crippen molar-refractivity contribution in [2.75, 3.05) is 19.8 Å². The van der Waals surface area contributed by atoms with Gasteiger partial charge in [-0.1, -0.05) is 214 Å². The third kappa shape index (κ3) is 44.3. The predicted molar refractivity (Wildman–Crippen MR) is 319 cm³/mol. The highest BCUT2D eigenvalue weighted by Gasteiger charge is 2.44. The van der Waals surface area contributed by atoms with Gasteiger partial charge in [-0.15, -0.1) is 0 Å². The number of aliphatic hydroxyl groups is 5. The lowest BCUT2D eigenvalue weighted by atomic mass is 9.99. The first-order valence-electron chi connectivity index (χ1n) is 31.4. The molecule has 77 heavy (non-hydrogen) atoms. The van der Waals surface area contributed by atoms with Crippen molar-refractivity contribution in [2.24, 2.45) is 0 Å². The van der Waals surface area contributed by atoms with Crippen molar-refractivity contribution in [3.8, 4) is 0 Å². The second-order valence-corrected chi connectivity index (χ2v) is 21.3. The molecule has 0 aromatic rings. The van der Waals surface area contributed by atoms with E-state index < -0.39 is 49.5 Å². The lowest BCUT2D eigenvalue weighted by molar-refractivity contribution is -0.302. The number of carbonyl (C=O) groups is 2. The Morgan fingerprint density at radius 1 is 0.494 bits per heavy atom. The number of ether oxygens (including phenoxy) is 3. The Kier molecular flexibility index (Phi) is 51.1. The Hall–Kier alpha value is -3.16. The summed E-state index contributed by atoms with van der Waals surface area (Å²) in [5, 5.41) is 54.2. The molecule has 1 amide bonds. The quantitative estimate of drug-likeness (QED) is 0.0195. The fourth-order valence-electron chi connectivity index (χ4n) is 9.24. The van der Waals surface area contributed by atoms with Gasteiger partial charge in [-0.3, -0.25) is 9.59 Å². The van der Waals surface area contributed by atoms with Crippen LogP contribution in [0.15, 0.2) is 85.1 Å². The van der Waals surface area contributed by atoms with E-state index in [1.54, 1.807) is 6.08 Å². The van der Waals surface area contributed by atoms with E-state index in [9.17, 15) is 35.1 Å². The van der Waals surface area contributed by atoms with Crippen LogP contribution in [0.25, 0.3) is 0 Å². The number of rotatable bonds is 53. The minimum absolute atomic E-state index is 0.0202. The van der Waals surface area contributed by atoms with Crippen LogP contribution in [0.1, 0.15) is 258 Å².